The summed E-state index contributed by atoms with van der Waals surface area (Å²) in [6.07, 6.45) is 4.07. The first-order valence-corrected chi connectivity index (χ1v) is 6.75. The number of likely N-dealkylation sites (N-methyl/N-ethyl adjacent to an activating group) is 2. The molecule has 3 nitrogen and oxygen atoms in total. The first kappa shape index (κ1) is 13.9. The van der Waals surface area contributed by atoms with E-state index in [0.717, 1.165) is 12.6 Å². The molecule has 0 aromatic carbocycles. The SMILES string of the molecule is CCN(CCCNC1CC1)C(C)CN(C)C. The van der Waals surface area contributed by atoms with Crippen molar-refractivity contribution in [2.45, 2.75) is 45.2 Å². The van der Waals surface area contributed by atoms with Gasteiger partial charge in [-0.3, -0.25) is 4.90 Å². The molecule has 0 aromatic heterocycles. The highest BCUT2D eigenvalue weighted by Crippen LogP contribution is 2.18. The fourth-order valence-corrected chi connectivity index (χ4v) is 2.21. The maximum absolute atomic E-state index is 3.58. The van der Waals surface area contributed by atoms with E-state index in [2.05, 4.69) is 43.1 Å². The van der Waals surface area contributed by atoms with Crippen molar-refractivity contribution in [2.24, 2.45) is 0 Å². The molecule has 0 aliphatic heterocycles. The Hall–Kier alpha value is -0.120. The van der Waals surface area contributed by atoms with E-state index in [1.165, 1.54) is 38.9 Å². The molecule has 0 amide bonds. The Balaban J connectivity index is 2.08. The van der Waals surface area contributed by atoms with Crippen molar-refractivity contribution < 1.29 is 0 Å². The van der Waals surface area contributed by atoms with Gasteiger partial charge in [-0.1, -0.05) is 6.92 Å². The van der Waals surface area contributed by atoms with Crippen molar-refractivity contribution in [3.63, 3.8) is 0 Å². The van der Waals surface area contributed by atoms with Crippen LogP contribution in [-0.4, -0.2) is 62.2 Å². The van der Waals surface area contributed by atoms with E-state index in [4.69, 9.17) is 0 Å². The molecule has 1 aliphatic rings. The van der Waals surface area contributed by atoms with Crippen molar-refractivity contribution in [2.75, 3.05) is 40.3 Å². The third kappa shape index (κ3) is 5.83. The molecule has 96 valence electrons. The van der Waals surface area contributed by atoms with Crippen LogP contribution in [0.15, 0.2) is 0 Å². The summed E-state index contributed by atoms with van der Waals surface area (Å²) >= 11 is 0. The van der Waals surface area contributed by atoms with Gasteiger partial charge < -0.3 is 10.2 Å². The number of nitrogens with zero attached hydrogens (tertiary/aromatic N) is 2. The third-order valence-corrected chi connectivity index (χ3v) is 3.29. The summed E-state index contributed by atoms with van der Waals surface area (Å²) in [7, 11) is 4.30. The van der Waals surface area contributed by atoms with Crippen molar-refractivity contribution in [3.8, 4) is 0 Å². The van der Waals surface area contributed by atoms with E-state index < -0.39 is 0 Å². The van der Waals surface area contributed by atoms with Gasteiger partial charge in [0.1, 0.15) is 0 Å². The molecular formula is C13H29N3. The lowest BCUT2D eigenvalue weighted by atomic mass is 10.2. The molecule has 0 bridgehead atoms. The number of rotatable bonds is 9. The van der Waals surface area contributed by atoms with E-state index in [1.807, 2.05) is 0 Å². The summed E-state index contributed by atoms with van der Waals surface area (Å²) in [5.41, 5.74) is 0. The Bertz CT molecular complexity index is 178. The van der Waals surface area contributed by atoms with Gasteiger partial charge in [-0.05, 0) is 59.9 Å². The zero-order valence-corrected chi connectivity index (χ0v) is 11.5. The van der Waals surface area contributed by atoms with Crippen molar-refractivity contribution >= 4 is 0 Å². The summed E-state index contributed by atoms with van der Waals surface area (Å²) < 4.78 is 0. The average Bonchev–Trinajstić information content (AvgIpc) is 3.00. The lowest BCUT2D eigenvalue weighted by Crippen LogP contribution is -2.41. The minimum Gasteiger partial charge on any atom is -0.314 e. The third-order valence-electron chi connectivity index (χ3n) is 3.29. The monoisotopic (exact) mass is 227 g/mol. The minimum atomic E-state index is 0.668. The highest BCUT2D eigenvalue weighted by Gasteiger charge is 2.19. The summed E-state index contributed by atoms with van der Waals surface area (Å²) in [6.45, 7) is 9.34. The van der Waals surface area contributed by atoms with Crippen LogP contribution in [0.4, 0.5) is 0 Å². The van der Waals surface area contributed by atoms with Crippen LogP contribution in [0.1, 0.15) is 33.1 Å². The molecule has 1 unspecified atom stereocenters. The van der Waals surface area contributed by atoms with E-state index in [-0.39, 0.29) is 0 Å². The topological polar surface area (TPSA) is 18.5 Å². The van der Waals surface area contributed by atoms with E-state index >= 15 is 0 Å². The second-order valence-corrected chi connectivity index (χ2v) is 5.32. The van der Waals surface area contributed by atoms with Crippen molar-refractivity contribution in [1.82, 2.24) is 15.1 Å². The Labute approximate surface area is 101 Å². The van der Waals surface area contributed by atoms with Crippen LogP contribution >= 0.6 is 0 Å². The summed E-state index contributed by atoms with van der Waals surface area (Å²) in [6, 6.07) is 1.52. The van der Waals surface area contributed by atoms with Gasteiger partial charge in [-0.15, -0.1) is 0 Å². The summed E-state index contributed by atoms with van der Waals surface area (Å²) in [5.74, 6) is 0. The molecule has 0 saturated heterocycles. The van der Waals surface area contributed by atoms with Crippen LogP contribution in [0.5, 0.6) is 0 Å². The molecule has 3 heteroatoms. The molecule has 0 spiro atoms. The number of hydrogen-bond acceptors (Lipinski definition) is 3. The molecule has 1 N–H and O–H groups in total. The molecule has 1 atom stereocenters. The van der Waals surface area contributed by atoms with Crippen LogP contribution < -0.4 is 5.32 Å². The minimum absolute atomic E-state index is 0.668. The van der Waals surface area contributed by atoms with Gasteiger partial charge in [0, 0.05) is 18.6 Å². The zero-order chi connectivity index (χ0) is 12.0. The maximum Gasteiger partial charge on any atom is 0.0194 e. The Morgan fingerprint density at radius 3 is 2.50 bits per heavy atom. The molecule has 1 aliphatic carbocycles. The summed E-state index contributed by atoms with van der Waals surface area (Å²) in [5, 5.41) is 3.58. The largest absolute Gasteiger partial charge is 0.314 e. The Morgan fingerprint density at radius 1 is 1.31 bits per heavy atom. The Morgan fingerprint density at radius 2 is 2.00 bits per heavy atom. The van der Waals surface area contributed by atoms with E-state index in [1.54, 1.807) is 0 Å². The van der Waals surface area contributed by atoms with Crippen LogP contribution in [-0.2, 0) is 0 Å². The predicted molar refractivity (Wildman–Crippen MR) is 70.9 cm³/mol. The van der Waals surface area contributed by atoms with E-state index in [9.17, 15) is 0 Å². The van der Waals surface area contributed by atoms with Gasteiger partial charge in [0.05, 0.1) is 0 Å². The Kier molecular flexibility index (Phi) is 6.32. The van der Waals surface area contributed by atoms with Gasteiger partial charge >= 0.3 is 0 Å². The second-order valence-electron chi connectivity index (χ2n) is 5.32. The highest BCUT2D eigenvalue weighted by atomic mass is 15.2. The molecule has 16 heavy (non-hydrogen) atoms. The van der Waals surface area contributed by atoms with Crippen LogP contribution in [0, 0.1) is 0 Å². The smallest absolute Gasteiger partial charge is 0.0194 e. The molecule has 1 rings (SSSR count). The average molecular weight is 227 g/mol. The maximum atomic E-state index is 3.58. The van der Waals surface area contributed by atoms with Crippen molar-refractivity contribution in [1.29, 1.82) is 0 Å². The van der Waals surface area contributed by atoms with Gasteiger partial charge in [-0.2, -0.15) is 0 Å². The normalized spacial score (nSPS) is 18.4. The van der Waals surface area contributed by atoms with Crippen molar-refractivity contribution in [3.05, 3.63) is 0 Å². The van der Waals surface area contributed by atoms with Crippen LogP contribution in [0.3, 0.4) is 0 Å². The molecule has 0 radical (unpaired) electrons. The quantitative estimate of drug-likeness (QED) is 0.601. The highest BCUT2D eigenvalue weighted by molar-refractivity contribution is 4.80. The van der Waals surface area contributed by atoms with Crippen LogP contribution in [0.2, 0.25) is 0 Å². The molecule has 0 aromatic rings. The van der Waals surface area contributed by atoms with Crippen LogP contribution in [0.25, 0.3) is 0 Å². The summed E-state index contributed by atoms with van der Waals surface area (Å²) in [4.78, 5) is 4.85. The lowest BCUT2D eigenvalue weighted by molar-refractivity contribution is 0.179. The van der Waals surface area contributed by atoms with Gasteiger partial charge in [0.2, 0.25) is 0 Å². The standard InChI is InChI=1S/C13H29N3/c1-5-16(12(2)11-15(3)4)10-6-9-14-13-7-8-13/h12-14H,5-11H2,1-4H3. The van der Waals surface area contributed by atoms with E-state index in [0.29, 0.717) is 6.04 Å². The lowest BCUT2D eigenvalue weighted by Gasteiger charge is -2.29. The predicted octanol–water partition coefficient (Wildman–Crippen LogP) is 1.40. The van der Waals surface area contributed by atoms with Gasteiger partial charge in [0.15, 0.2) is 0 Å². The van der Waals surface area contributed by atoms with Gasteiger partial charge in [-0.25, -0.2) is 0 Å². The first-order chi connectivity index (χ1) is 7.63. The number of hydrogen-bond donors (Lipinski definition) is 1. The zero-order valence-electron chi connectivity index (χ0n) is 11.5. The molecule has 1 fully saturated rings. The first-order valence-electron chi connectivity index (χ1n) is 6.75. The second kappa shape index (κ2) is 7.25. The van der Waals surface area contributed by atoms with Gasteiger partial charge in [0.25, 0.3) is 0 Å². The molecular weight excluding hydrogens is 198 g/mol. The molecule has 1 saturated carbocycles. The number of nitrogens with one attached hydrogen (secondary N) is 1. The molecule has 0 heterocycles. The fraction of sp³-hybridized carbons (Fsp3) is 1.00. The fourth-order valence-electron chi connectivity index (χ4n) is 2.21.